The van der Waals surface area contributed by atoms with Crippen LogP contribution in [0.3, 0.4) is 0 Å². The Balaban J connectivity index is 0. The fraction of sp³-hybridized carbons (Fsp3) is 0.286. The number of carboxylic acid groups (broad SMARTS) is 1. The fourth-order valence-corrected chi connectivity index (χ4v) is 0.249. The Bertz CT molecular complexity index is 156. The SMILES string of the molecule is C=C(C)C(=O)O.C=CCOP=O. The van der Waals surface area contributed by atoms with E-state index in [1.807, 2.05) is 0 Å². The predicted octanol–water partition coefficient (Wildman–Crippen LogP) is 2.04. The zero-order valence-electron chi connectivity index (χ0n) is 6.82. The molecule has 0 saturated carbocycles. The van der Waals surface area contributed by atoms with Gasteiger partial charge in [-0.05, 0) is 6.92 Å². The van der Waals surface area contributed by atoms with E-state index in [1.54, 1.807) is 0 Å². The molecule has 0 bridgehead atoms. The molecule has 0 saturated heterocycles. The molecule has 0 heterocycles. The van der Waals surface area contributed by atoms with Crippen molar-refractivity contribution in [1.82, 2.24) is 0 Å². The molecular weight excluding hydrogens is 179 g/mol. The highest BCUT2D eigenvalue weighted by Crippen LogP contribution is 1.90. The van der Waals surface area contributed by atoms with Gasteiger partial charge in [-0.1, -0.05) is 12.7 Å². The van der Waals surface area contributed by atoms with E-state index in [4.69, 9.17) is 5.11 Å². The molecule has 0 aliphatic rings. The molecule has 4 nitrogen and oxygen atoms in total. The molecule has 0 radical (unpaired) electrons. The zero-order chi connectivity index (χ0) is 9.98. The molecule has 0 aliphatic heterocycles. The Morgan fingerprint density at radius 2 is 2.17 bits per heavy atom. The van der Waals surface area contributed by atoms with Crippen LogP contribution in [0.5, 0.6) is 0 Å². The Labute approximate surface area is 72.8 Å². The Kier molecular flexibility index (Phi) is 11.3. The lowest BCUT2D eigenvalue weighted by Gasteiger charge is -1.79. The predicted molar refractivity (Wildman–Crippen MR) is 46.2 cm³/mol. The van der Waals surface area contributed by atoms with Crippen LogP contribution >= 0.6 is 8.69 Å². The lowest BCUT2D eigenvalue weighted by Crippen LogP contribution is -1.92. The second-order valence-electron chi connectivity index (χ2n) is 1.74. The van der Waals surface area contributed by atoms with Crippen molar-refractivity contribution >= 4 is 14.7 Å². The van der Waals surface area contributed by atoms with Crippen molar-refractivity contribution in [3.05, 3.63) is 24.8 Å². The summed E-state index contributed by atoms with van der Waals surface area (Å²) in [4.78, 5) is 9.60. The molecule has 12 heavy (non-hydrogen) atoms. The molecular formula is C7H11O4P. The standard InChI is InChI=1S/C4H6O2.C3H5O2P/c1-3(2)4(5)6;1-2-3-5-6-4/h1H2,2H3,(H,5,6);2H,1,3H2. The van der Waals surface area contributed by atoms with Crippen molar-refractivity contribution in [2.45, 2.75) is 6.92 Å². The van der Waals surface area contributed by atoms with E-state index in [-0.39, 0.29) is 14.3 Å². The summed E-state index contributed by atoms with van der Waals surface area (Å²) in [6.45, 7) is 8.28. The third-order valence-corrected chi connectivity index (χ3v) is 0.865. The monoisotopic (exact) mass is 190 g/mol. The summed E-state index contributed by atoms with van der Waals surface area (Å²) in [5, 5.41) is 7.89. The molecule has 0 fully saturated rings. The van der Waals surface area contributed by atoms with Gasteiger partial charge in [0.2, 0.25) is 0 Å². The van der Waals surface area contributed by atoms with Crippen LogP contribution < -0.4 is 0 Å². The highest BCUT2D eigenvalue weighted by Gasteiger charge is 1.90. The van der Waals surface area contributed by atoms with E-state index < -0.39 is 5.97 Å². The van der Waals surface area contributed by atoms with Crippen LogP contribution in [-0.4, -0.2) is 17.7 Å². The third-order valence-electron chi connectivity index (χ3n) is 0.610. The van der Waals surface area contributed by atoms with Crippen LogP contribution in [0, 0.1) is 0 Å². The van der Waals surface area contributed by atoms with Crippen LogP contribution in [0.4, 0.5) is 0 Å². The molecule has 0 atom stereocenters. The Hall–Kier alpha value is -0.990. The van der Waals surface area contributed by atoms with Gasteiger partial charge in [0, 0.05) is 5.57 Å². The molecule has 1 N–H and O–H groups in total. The second-order valence-corrected chi connectivity index (χ2v) is 2.15. The van der Waals surface area contributed by atoms with Crippen molar-refractivity contribution < 1.29 is 19.0 Å². The first-order valence-electron chi connectivity index (χ1n) is 3.00. The molecule has 0 spiro atoms. The minimum Gasteiger partial charge on any atom is -0.478 e. The van der Waals surface area contributed by atoms with E-state index in [2.05, 4.69) is 17.7 Å². The summed E-state index contributed by atoms with van der Waals surface area (Å²) in [6.07, 6.45) is 1.53. The molecule has 0 aromatic carbocycles. The summed E-state index contributed by atoms with van der Waals surface area (Å²) in [7, 11) is -0.276. The van der Waals surface area contributed by atoms with Crippen LogP contribution in [-0.2, 0) is 13.9 Å². The number of hydrogen-bond acceptors (Lipinski definition) is 3. The molecule has 5 heteroatoms. The van der Waals surface area contributed by atoms with Gasteiger partial charge in [0.05, 0.1) is 6.61 Å². The average Bonchev–Trinajstić information content (AvgIpc) is 2.02. The number of carbonyl (C=O) groups is 1. The van der Waals surface area contributed by atoms with E-state index in [9.17, 15) is 9.36 Å². The minimum absolute atomic E-state index is 0.176. The molecule has 0 aromatic rings. The minimum atomic E-state index is -0.935. The first-order valence-corrected chi connectivity index (χ1v) is 3.73. The van der Waals surface area contributed by atoms with Gasteiger partial charge in [-0.25, -0.2) is 9.36 Å². The first-order chi connectivity index (χ1) is 5.56. The smallest absolute Gasteiger partial charge is 0.330 e. The topological polar surface area (TPSA) is 63.6 Å². The number of rotatable bonds is 4. The van der Waals surface area contributed by atoms with Crippen molar-refractivity contribution in [3.63, 3.8) is 0 Å². The molecule has 0 aliphatic carbocycles. The van der Waals surface area contributed by atoms with Gasteiger partial charge in [0.15, 0.2) is 0 Å². The molecule has 0 unspecified atom stereocenters. The third kappa shape index (κ3) is 16.0. The van der Waals surface area contributed by atoms with E-state index in [0.717, 1.165) is 0 Å². The summed E-state index contributed by atoms with van der Waals surface area (Å²) in [6, 6.07) is 0. The van der Waals surface area contributed by atoms with Crippen molar-refractivity contribution in [2.24, 2.45) is 0 Å². The lowest BCUT2D eigenvalue weighted by atomic mass is 10.4. The van der Waals surface area contributed by atoms with E-state index >= 15 is 0 Å². The van der Waals surface area contributed by atoms with E-state index in [1.165, 1.54) is 13.0 Å². The normalized spacial score (nSPS) is 8.08. The van der Waals surface area contributed by atoms with Crippen molar-refractivity contribution in [2.75, 3.05) is 6.61 Å². The highest BCUT2D eigenvalue weighted by molar-refractivity contribution is 7.17. The summed E-state index contributed by atoms with van der Waals surface area (Å²) < 4.78 is 13.7. The van der Waals surface area contributed by atoms with Gasteiger partial charge < -0.3 is 5.11 Å². The van der Waals surface area contributed by atoms with Crippen LogP contribution in [0.2, 0.25) is 0 Å². The zero-order valence-corrected chi connectivity index (χ0v) is 7.71. The van der Waals surface area contributed by atoms with Crippen LogP contribution in [0.25, 0.3) is 0 Å². The fourth-order valence-electron chi connectivity index (χ4n) is 0.0831. The lowest BCUT2D eigenvalue weighted by molar-refractivity contribution is -0.132. The molecule has 0 rings (SSSR count). The van der Waals surface area contributed by atoms with Gasteiger partial charge in [-0.2, -0.15) is 0 Å². The molecule has 0 aromatic heterocycles. The van der Waals surface area contributed by atoms with Crippen molar-refractivity contribution in [3.8, 4) is 0 Å². The van der Waals surface area contributed by atoms with Gasteiger partial charge in [-0.3, -0.25) is 4.52 Å². The second kappa shape index (κ2) is 10.0. The maximum Gasteiger partial charge on any atom is 0.330 e. The Morgan fingerprint density at radius 1 is 1.75 bits per heavy atom. The average molecular weight is 190 g/mol. The van der Waals surface area contributed by atoms with Gasteiger partial charge in [-0.15, -0.1) is 6.58 Å². The van der Waals surface area contributed by atoms with Crippen LogP contribution in [0.15, 0.2) is 24.8 Å². The maximum atomic E-state index is 9.60. The van der Waals surface area contributed by atoms with Gasteiger partial charge >= 0.3 is 14.7 Å². The van der Waals surface area contributed by atoms with Crippen molar-refractivity contribution in [1.29, 1.82) is 0 Å². The van der Waals surface area contributed by atoms with Gasteiger partial charge in [0.1, 0.15) is 0 Å². The highest BCUT2D eigenvalue weighted by atomic mass is 31.1. The summed E-state index contributed by atoms with van der Waals surface area (Å²) >= 11 is 0. The largest absolute Gasteiger partial charge is 0.478 e. The van der Waals surface area contributed by atoms with Gasteiger partial charge in [0.25, 0.3) is 0 Å². The quantitative estimate of drug-likeness (QED) is 0.319. The number of carboxylic acids is 1. The first kappa shape index (κ1) is 13.6. The van der Waals surface area contributed by atoms with Crippen LogP contribution in [0.1, 0.15) is 6.92 Å². The molecule has 68 valence electrons. The molecule has 0 amide bonds. The summed E-state index contributed by atoms with van der Waals surface area (Å²) in [5.41, 5.74) is 0.176. The maximum absolute atomic E-state index is 9.60. The summed E-state index contributed by atoms with van der Waals surface area (Å²) in [5.74, 6) is -0.935. The Morgan fingerprint density at radius 3 is 2.25 bits per heavy atom. The number of aliphatic carboxylic acids is 1. The van der Waals surface area contributed by atoms with E-state index in [0.29, 0.717) is 6.61 Å². The number of hydrogen-bond donors (Lipinski definition) is 1.